The number of halogens is 1. The summed E-state index contributed by atoms with van der Waals surface area (Å²) in [4.78, 5) is 5.23. The monoisotopic (exact) mass is 560 g/mol. The molecule has 0 radical (unpaired) electrons. The number of imidazole rings is 1. The average Bonchev–Trinajstić information content (AvgIpc) is 3.65. The smallest absolute Gasteiger partial charge is 0.157 e. The van der Waals surface area contributed by atoms with Crippen molar-refractivity contribution in [1.29, 1.82) is 0 Å². The van der Waals surface area contributed by atoms with Crippen molar-refractivity contribution in [3.8, 4) is 28.5 Å². The van der Waals surface area contributed by atoms with E-state index in [2.05, 4.69) is 101 Å². The molecule has 4 heterocycles. The highest BCUT2D eigenvalue weighted by Crippen LogP contribution is 2.35. The minimum absolute atomic E-state index is 0. The largest absolute Gasteiger partial charge is 0.490 e. The summed E-state index contributed by atoms with van der Waals surface area (Å²) < 4.78 is 12.3. The molecule has 0 saturated carbocycles. The van der Waals surface area contributed by atoms with Crippen molar-refractivity contribution in [1.82, 2.24) is 19.4 Å². The molecule has 0 spiro atoms. The molecular formula is C32H37ClN4OS. The molecule has 0 atom stereocenters. The Morgan fingerprint density at radius 3 is 2.51 bits per heavy atom. The molecular weight excluding hydrogens is 524 g/mol. The molecule has 0 amide bonds. The van der Waals surface area contributed by atoms with Crippen molar-refractivity contribution < 1.29 is 4.74 Å². The molecule has 1 saturated heterocycles. The number of hydrogen-bond donors (Lipinski definition) is 1. The first kappa shape index (κ1) is 27.5. The van der Waals surface area contributed by atoms with Crippen LogP contribution in [-0.4, -0.2) is 33.3 Å². The number of thiophene rings is 1. The Morgan fingerprint density at radius 2 is 1.79 bits per heavy atom. The molecule has 39 heavy (non-hydrogen) atoms. The van der Waals surface area contributed by atoms with E-state index in [1.54, 1.807) is 11.3 Å². The molecule has 3 aromatic heterocycles. The van der Waals surface area contributed by atoms with Gasteiger partial charge in [0.1, 0.15) is 11.9 Å². The highest BCUT2D eigenvalue weighted by Gasteiger charge is 2.22. The van der Waals surface area contributed by atoms with Crippen molar-refractivity contribution in [3.63, 3.8) is 0 Å². The van der Waals surface area contributed by atoms with Gasteiger partial charge in [-0.15, -0.1) is 23.7 Å². The second kappa shape index (κ2) is 12.4. The zero-order chi connectivity index (χ0) is 25.9. The summed E-state index contributed by atoms with van der Waals surface area (Å²) in [5, 5.41) is 5.56. The van der Waals surface area contributed by atoms with Crippen molar-refractivity contribution in [2.75, 3.05) is 13.1 Å². The van der Waals surface area contributed by atoms with Gasteiger partial charge in [0.25, 0.3) is 0 Å². The first-order valence-corrected chi connectivity index (χ1v) is 14.7. The van der Waals surface area contributed by atoms with Crippen LogP contribution < -0.4 is 10.1 Å². The maximum Gasteiger partial charge on any atom is 0.157 e. The van der Waals surface area contributed by atoms with Crippen molar-refractivity contribution in [2.45, 2.75) is 51.7 Å². The van der Waals surface area contributed by atoms with Gasteiger partial charge in [-0.1, -0.05) is 49.4 Å². The Morgan fingerprint density at radius 1 is 1.03 bits per heavy atom. The summed E-state index contributed by atoms with van der Waals surface area (Å²) >= 11 is 1.79. The summed E-state index contributed by atoms with van der Waals surface area (Å²) in [6.07, 6.45) is 5.46. The molecule has 6 rings (SSSR count). The standard InChI is InChI=1S/C32H36N4OS.ClH/c1-3-27-31(24-9-5-4-6-10-24)36(32(34-27)29-22-30-28(35(29)2)17-21-38-30)20-7-8-23-11-13-25(14-12-23)37-26-15-18-33-19-16-26;/h4-6,9-14,17,21-22,26,33H,3,7-8,15-16,18-20H2,1-2H3;1H. The highest BCUT2D eigenvalue weighted by molar-refractivity contribution is 7.17. The molecule has 0 bridgehead atoms. The van der Waals surface area contributed by atoms with E-state index >= 15 is 0 Å². The van der Waals surface area contributed by atoms with Crippen LogP contribution in [0.15, 0.2) is 72.1 Å². The van der Waals surface area contributed by atoms with E-state index < -0.39 is 0 Å². The Balaban J connectivity index is 0.00000308. The number of rotatable bonds is 9. The number of nitrogens with one attached hydrogen (secondary N) is 1. The number of benzene rings is 2. The number of ether oxygens (including phenoxy) is 1. The van der Waals surface area contributed by atoms with Crippen LogP contribution in [0.2, 0.25) is 0 Å². The maximum absolute atomic E-state index is 6.20. The fraction of sp³-hybridized carbons (Fsp3) is 0.344. The first-order valence-electron chi connectivity index (χ1n) is 13.9. The summed E-state index contributed by atoms with van der Waals surface area (Å²) in [5.74, 6) is 2.05. The van der Waals surface area contributed by atoms with Gasteiger partial charge < -0.3 is 19.2 Å². The summed E-state index contributed by atoms with van der Waals surface area (Å²) in [5.41, 5.74) is 7.45. The third-order valence-corrected chi connectivity index (χ3v) is 8.53. The minimum Gasteiger partial charge on any atom is -0.490 e. The fourth-order valence-corrected chi connectivity index (χ4v) is 6.48. The van der Waals surface area contributed by atoms with Crippen molar-refractivity contribution >= 4 is 34.0 Å². The molecule has 1 aliphatic heterocycles. The molecule has 1 fully saturated rings. The quantitative estimate of drug-likeness (QED) is 0.203. The highest BCUT2D eigenvalue weighted by atomic mass is 35.5. The molecule has 1 aliphatic rings. The summed E-state index contributed by atoms with van der Waals surface area (Å²) in [7, 11) is 2.16. The number of hydrogen-bond acceptors (Lipinski definition) is 4. The third-order valence-electron chi connectivity index (χ3n) is 7.67. The maximum atomic E-state index is 6.20. The zero-order valence-corrected chi connectivity index (χ0v) is 24.4. The normalized spacial score (nSPS) is 14.0. The van der Waals surface area contributed by atoms with Gasteiger partial charge in [0.05, 0.1) is 27.3 Å². The lowest BCUT2D eigenvalue weighted by atomic mass is 10.1. The van der Waals surface area contributed by atoms with Gasteiger partial charge >= 0.3 is 0 Å². The van der Waals surface area contributed by atoms with Gasteiger partial charge in [0.15, 0.2) is 5.82 Å². The van der Waals surface area contributed by atoms with Crippen LogP contribution in [0.3, 0.4) is 0 Å². The molecule has 2 aromatic carbocycles. The van der Waals surface area contributed by atoms with E-state index in [1.165, 1.54) is 32.7 Å². The average molecular weight is 561 g/mol. The number of aromatic nitrogens is 3. The Labute approximate surface area is 241 Å². The van der Waals surface area contributed by atoms with Crippen molar-refractivity contribution in [2.24, 2.45) is 7.05 Å². The number of piperidine rings is 1. The summed E-state index contributed by atoms with van der Waals surface area (Å²) in [6.45, 7) is 5.22. The van der Waals surface area contributed by atoms with E-state index in [9.17, 15) is 0 Å². The van der Waals surface area contributed by atoms with Crippen LogP contribution in [0.1, 0.15) is 37.4 Å². The Bertz CT molecular complexity index is 1500. The van der Waals surface area contributed by atoms with E-state index in [-0.39, 0.29) is 12.4 Å². The van der Waals surface area contributed by atoms with Crippen molar-refractivity contribution in [3.05, 3.63) is 83.4 Å². The second-order valence-corrected chi connectivity index (χ2v) is 11.1. The SMILES string of the molecule is CCc1nc(-c2cc3sccc3n2C)n(CCCc2ccc(OC3CCNCC3)cc2)c1-c1ccccc1.Cl. The van der Waals surface area contributed by atoms with Gasteiger partial charge in [0, 0.05) is 19.2 Å². The summed E-state index contributed by atoms with van der Waals surface area (Å²) in [6, 6.07) is 24.0. The molecule has 0 unspecified atom stereocenters. The van der Waals surface area contributed by atoms with Gasteiger partial charge in [-0.3, -0.25) is 0 Å². The molecule has 7 heteroatoms. The van der Waals surface area contributed by atoms with Gasteiger partial charge in [0.2, 0.25) is 0 Å². The van der Waals surface area contributed by atoms with E-state index in [0.29, 0.717) is 6.10 Å². The lowest BCUT2D eigenvalue weighted by molar-refractivity contribution is 0.162. The number of nitrogens with zero attached hydrogens (tertiary/aromatic N) is 3. The third kappa shape index (κ3) is 5.79. The van der Waals surface area contributed by atoms with Gasteiger partial charge in [-0.25, -0.2) is 4.98 Å². The topological polar surface area (TPSA) is 44.0 Å². The van der Waals surface area contributed by atoms with Crippen LogP contribution in [-0.2, 0) is 26.4 Å². The molecule has 5 aromatic rings. The van der Waals surface area contributed by atoms with Crippen LogP contribution in [0, 0.1) is 0 Å². The van der Waals surface area contributed by atoms with E-state index in [0.717, 1.165) is 69.0 Å². The number of fused-ring (bicyclic) bond motifs is 1. The zero-order valence-electron chi connectivity index (χ0n) is 22.7. The van der Waals surface area contributed by atoms with Crippen LogP contribution in [0.4, 0.5) is 0 Å². The van der Waals surface area contributed by atoms with Crippen LogP contribution in [0.5, 0.6) is 5.75 Å². The molecule has 1 N–H and O–H groups in total. The minimum atomic E-state index is 0. The lowest BCUT2D eigenvalue weighted by Crippen LogP contribution is -2.34. The predicted molar refractivity (Wildman–Crippen MR) is 165 cm³/mol. The molecule has 204 valence electrons. The van der Waals surface area contributed by atoms with Crippen LogP contribution >= 0.6 is 23.7 Å². The van der Waals surface area contributed by atoms with E-state index in [4.69, 9.17) is 9.72 Å². The number of aryl methyl sites for hydroxylation is 3. The van der Waals surface area contributed by atoms with Crippen LogP contribution in [0.25, 0.3) is 33.0 Å². The first-order chi connectivity index (χ1) is 18.7. The Kier molecular flexibility index (Phi) is 8.75. The van der Waals surface area contributed by atoms with E-state index in [1.807, 2.05) is 0 Å². The molecule has 5 nitrogen and oxygen atoms in total. The fourth-order valence-electron chi connectivity index (χ4n) is 5.63. The lowest BCUT2D eigenvalue weighted by Gasteiger charge is -2.23. The molecule has 0 aliphatic carbocycles. The van der Waals surface area contributed by atoms with Gasteiger partial charge in [-0.2, -0.15) is 0 Å². The van der Waals surface area contributed by atoms with Gasteiger partial charge in [-0.05, 0) is 80.4 Å². The Hall–Kier alpha value is -3.06. The predicted octanol–water partition coefficient (Wildman–Crippen LogP) is 7.52. The second-order valence-electron chi connectivity index (χ2n) is 10.2.